The number of aliphatic hydroxyl groups is 1. The Bertz CT molecular complexity index is 1450. The van der Waals surface area contributed by atoms with Crippen LogP contribution in [0.15, 0.2) is 36.8 Å². The molecule has 0 aromatic carbocycles. The highest BCUT2D eigenvalue weighted by Gasteiger charge is 2.44. The van der Waals surface area contributed by atoms with Gasteiger partial charge in [-0.05, 0) is 44.7 Å². The van der Waals surface area contributed by atoms with Crippen molar-refractivity contribution < 1.29 is 14.7 Å². The zero-order valence-corrected chi connectivity index (χ0v) is 19.8. The first-order valence-corrected chi connectivity index (χ1v) is 12.0. The van der Waals surface area contributed by atoms with Crippen LogP contribution in [0.25, 0.3) is 28.2 Å². The molecule has 1 amide bonds. The van der Waals surface area contributed by atoms with Crippen LogP contribution in [0.4, 0.5) is 5.82 Å². The van der Waals surface area contributed by atoms with Gasteiger partial charge < -0.3 is 15.7 Å². The summed E-state index contributed by atoms with van der Waals surface area (Å²) >= 11 is 0. The molecule has 0 radical (unpaired) electrons. The minimum absolute atomic E-state index is 0.0237. The molecule has 6 rings (SSSR count). The van der Waals surface area contributed by atoms with E-state index in [1.165, 1.54) is 11.4 Å². The van der Waals surface area contributed by atoms with Crippen LogP contribution in [0, 0.1) is 0 Å². The number of carbonyl (C=O) groups excluding carboxylic acids is 2. The molecular formula is C25H26N8O3. The maximum Gasteiger partial charge on any atom is 0.248 e. The van der Waals surface area contributed by atoms with E-state index in [2.05, 4.69) is 20.3 Å². The number of Topliss-reactive ketones (excluding diaryl/α,β-unsaturated/α-hetero) is 1. The number of pyridine rings is 1. The number of ketones is 1. The average molecular weight is 487 g/mol. The van der Waals surface area contributed by atoms with Gasteiger partial charge in [0.1, 0.15) is 18.1 Å². The highest BCUT2D eigenvalue weighted by molar-refractivity contribution is 6.00. The smallest absolute Gasteiger partial charge is 0.248 e. The number of aliphatic hydroxyl groups excluding tert-OH is 1. The lowest BCUT2D eigenvalue weighted by atomic mass is 9.85. The lowest BCUT2D eigenvalue weighted by Gasteiger charge is -2.39. The number of H-pyrrole nitrogens is 1. The van der Waals surface area contributed by atoms with Crippen LogP contribution >= 0.6 is 0 Å². The number of amides is 1. The monoisotopic (exact) mass is 486 g/mol. The van der Waals surface area contributed by atoms with Crippen LogP contribution in [-0.4, -0.2) is 70.2 Å². The fraction of sp³-hybridized carbons (Fsp3) is 0.360. The van der Waals surface area contributed by atoms with E-state index >= 15 is 0 Å². The first-order chi connectivity index (χ1) is 17.5. The third kappa shape index (κ3) is 3.46. The zero-order chi connectivity index (χ0) is 25.0. The van der Waals surface area contributed by atoms with Gasteiger partial charge in [-0.25, -0.2) is 4.98 Å². The third-order valence-corrected chi connectivity index (χ3v) is 7.44. The summed E-state index contributed by atoms with van der Waals surface area (Å²) in [6.45, 7) is 1.00. The molecule has 6 heterocycles. The van der Waals surface area contributed by atoms with Crippen LogP contribution in [0.1, 0.15) is 54.6 Å². The molecule has 2 saturated heterocycles. The number of fused-ring (bicyclic) bond motifs is 3. The van der Waals surface area contributed by atoms with E-state index in [9.17, 15) is 14.7 Å². The summed E-state index contributed by atoms with van der Waals surface area (Å²) in [6, 6.07) is 5.71. The molecule has 0 saturated carbocycles. The molecule has 4 aromatic rings. The molecule has 2 aliphatic rings. The number of aromatic amines is 1. The average Bonchev–Trinajstić information content (AvgIpc) is 3.62. The van der Waals surface area contributed by atoms with Crippen LogP contribution in [0.2, 0.25) is 0 Å². The Labute approximate surface area is 206 Å². The van der Waals surface area contributed by atoms with E-state index < -0.39 is 6.61 Å². The molecule has 0 unspecified atom stereocenters. The van der Waals surface area contributed by atoms with Crippen molar-refractivity contribution in [3.63, 3.8) is 0 Å². The predicted molar refractivity (Wildman–Crippen MR) is 131 cm³/mol. The summed E-state index contributed by atoms with van der Waals surface area (Å²) in [4.78, 5) is 36.4. The number of nitrogen functional groups attached to an aromatic ring is 1. The maximum atomic E-state index is 12.7. The number of piperidine rings is 1. The Balaban J connectivity index is 1.42. The van der Waals surface area contributed by atoms with Crippen molar-refractivity contribution in [3.8, 4) is 22.5 Å². The number of nitrogens with one attached hydrogen (secondary N) is 1. The van der Waals surface area contributed by atoms with Crippen LogP contribution < -0.4 is 5.73 Å². The minimum Gasteiger partial charge on any atom is -0.387 e. The molecule has 0 aliphatic carbocycles. The number of rotatable bonds is 5. The molecule has 2 bridgehead atoms. The number of carbonyl (C=O) groups is 2. The lowest BCUT2D eigenvalue weighted by Crippen LogP contribution is -2.47. The summed E-state index contributed by atoms with van der Waals surface area (Å²) in [5.74, 6) is -0.171. The molecule has 2 fully saturated rings. The highest BCUT2D eigenvalue weighted by Crippen LogP contribution is 2.44. The van der Waals surface area contributed by atoms with Gasteiger partial charge in [-0.15, -0.1) is 0 Å². The minimum atomic E-state index is -0.486. The second-order valence-corrected chi connectivity index (χ2v) is 9.51. The molecule has 36 heavy (non-hydrogen) atoms. The van der Waals surface area contributed by atoms with Crippen molar-refractivity contribution in [1.29, 1.82) is 0 Å². The van der Waals surface area contributed by atoms with Gasteiger partial charge in [0.05, 0.1) is 23.1 Å². The molecule has 0 spiro atoms. The SMILES string of the molecule is CC(=O)c1c([C@@H]2C[C@H]3CC[C@@H](C2)N3C(=O)CO)nc2c(-c3ccc(-c4cc[nH]n4)nc3)cnn2c1N. The predicted octanol–water partition coefficient (Wildman–Crippen LogP) is 2.20. The number of anilines is 1. The van der Waals surface area contributed by atoms with E-state index in [1.54, 1.807) is 18.6 Å². The summed E-state index contributed by atoms with van der Waals surface area (Å²) in [7, 11) is 0. The Hall–Kier alpha value is -4.12. The van der Waals surface area contributed by atoms with Crippen molar-refractivity contribution in [1.82, 2.24) is 34.7 Å². The Morgan fingerprint density at radius 2 is 1.92 bits per heavy atom. The van der Waals surface area contributed by atoms with Gasteiger partial charge in [0.15, 0.2) is 11.4 Å². The fourth-order valence-corrected chi connectivity index (χ4v) is 5.89. The molecule has 4 N–H and O–H groups in total. The fourth-order valence-electron chi connectivity index (χ4n) is 5.89. The van der Waals surface area contributed by atoms with Crippen molar-refractivity contribution in [2.75, 3.05) is 12.3 Å². The number of aromatic nitrogens is 6. The van der Waals surface area contributed by atoms with Gasteiger partial charge >= 0.3 is 0 Å². The largest absolute Gasteiger partial charge is 0.387 e. The molecule has 4 aromatic heterocycles. The van der Waals surface area contributed by atoms with Gasteiger partial charge in [0.25, 0.3) is 0 Å². The number of nitrogens with two attached hydrogens (primary N) is 1. The first-order valence-electron chi connectivity index (χ1n) is 12.0. The third-order valence-electron chi connectivity index (χ3n) is 7.44. The van der Waals surface area contributed by atoms with Crippen molar-refractivity contribution >= 4 is 23.2 Å². The molecule has 184 valence electrons. The molecule has 11 nitrogen and oxygen atoms in total. The summed E-state index contributed by atoms with van der Waals surface area (Å²) in [5, 5.41) is 20.8. The highest BCUT2D eigenvalue weighted by atomic mass is 16.3. The first kappa shape index (κ1) is 22.4. The van der Waals surface area contributed by atoms with Gasteiger partial charge in [-0.3, -0.25) is 19.7 Å². The van der Waals surface area contributed by atoms with Gasteiger partial charge in [-0.1, -0.05) is 6.07 Å². The van der Waals surface area contributed by atoms with E-state index in [4.69, 9.17) is 10.7 Å². The zero-order valence-electron chi connectivity index (χ0n) is 19.8. The van der Waals surface area contributed by atoms with E-state index in [-0.39, 0.29) is 35.5 Å². The van der Waals surface area contributed by atoms with Crippen LogP contribution in [0.3, 0.4) is 0 Å². The van der Waals surface area contributed by atoms with E-state index in [1.807, 2.05) is 23.1 Å². The summed E-state index contributed by atoms with van der Waals surface area (Å²) in [6.07, 6.45) is 8.29. The van der Waals surface area contributed by atoms with Crippen LogP contribution in [-0.2, 0) is 4.79 Å². The van der Waals surface area contributed by atoms with E-state index in [0.717, 1.165) is 35.4 Å². The van der Waals surface area contributed by atoms with Gasteiger partial charge in [0.2, 0.25) is 5.91 Å². The van der Waals surface area contributed by atoms with Crippen molar-refractivity contribution in [2.24, 2.45) is 0 Å². The molecular weight excluding hydrogens is 460 g/mol. The second kappa shape index (κ2) is 8.52. The van der Waals surface area contributed by atoms with Gasteiger partial charge in [-0.2, -0.15) is 14.7 Å². The van der Waals surface area contributed by atoms with Gasteiger partial charge in [0, 0.05) is 41.5 Å². The summed E-state index contributed by atoms with van der Waals surface area (Å²) in [5.41, 5.74) is 11.2. The van der Waals surface area contributed by atoms with Crippen molar-refractivity contribution in [3.05, 3.63) is 48.0 Å². The normalized spacial score (nSPS) is 21.3. The van der Waals surface area contributed by atoms with Crippen LogP contribution in [0.5, 0.6) is 0 Å². The van der Waals surface area contributed by atoms with E-state index in [0.29, 0.717) is 29.7 Å². The Morgan fingerprint density at radius 3 is 2.53 bits per heavy atom. The Morgan fingerprint density at radius 1 is 1.14 bits per heavy atom. The topological polar surface area (TPSA) is 155 Å². The number of hydrogen-bond acceptors (Lipinski definition) is 8. The maximum absolute atomic E-state index is 12.7. The molecule has 11 heteroatoms. The second-order valence-electron chi connectivity index (χ2n) is 9.51. The summed E-state index contributed by atoms with van der Waals surface area (Å²) < 4.78 is 1.51. The number of nitrogens with zero attached hydrogens (tertiary/aromatic N) is 6. The standard InChI is InChI=1S/C25H26N8O3/c1-13(35)22-23(15-8-16-3-4-17(9-15)32(16)21(36)12-34)30-25-18(11-29-33(25)24(22)26)14-2-5-19(27-10-14)20-6-7-28-31-20/h2,5-7,10-11,15-17,34H,3-4,8-9,12,26H2,1H3,(H,28,31)/t15-,16-,17+. The quantitative estimate of drug-likeness (QED) is 0.363. The number of hydrogen-bond donors (Lipinski definition) is 3. The Kier molecular flexibility index (Phi) is 5.29. The molecule has 3 atom stereocenters. The van der Waals surface area contributed by atoms with Crippen molar-refractivity contribution in [2.45, 2.75) is 50.6 Å². The lowest BCUT2D eigenvalue weighted by molar-refractivity contribution is -0.138. The molecule has 2 aliphatic heterocycles.